The van der Waals surface area contributed by atoms with Crippen molar-refractivity contribution in [2.75, 3.05) is 13.1 Å². The molecule has 3 aromatic rings. The molecule has 6 heteroatoms. The lowest BCUT2D eigenvalue weighted by molar-refractivity contribution is 0.117. The molecule has 5 nitrogen and oxygen atoms in total. The zero-order valence-corrected chi connectivity index (χ0v) is 20.8. The standard InChI is InChI=1S/C28H33ClN4O/c1-28(2)21-11-6-18(17-12-14-32(15-13-17)20-9-7-19(30)8-10-20)16-24(21)33-23-5-3-4-22(29)25(23)26(34)31-27(28)33/h3-6,11,16-17,19-20H,7-10,12-15,30H2,1-2H3. The van der Waals surface area contributed by atoms with Gasteiger partial charge in [0.25, 0.3) is 5.56 Å². The maximum atomic E-state index is 12.9. The van der Waals surface area contributed by atoms with Crippen LogP contribution in [0.5, 0.6) is 0 Å². The lowest BCUT2D eigenvalue weighted by Gasteiger charge is -2.40. The average molecular weight is 477 g/mol. The number of halogens is 1. The molecule has 1 aliphatic carbocycles. The Balaban J connectivity index is 1.34. The van der Waals surface area contributed by atoms with E-state index in [-0.39, 0.29) is 11.0 Å². The summed E-state index contributed by atoms with van der Waals surface area (Å²) in [6.45, 7) is 6.64. The second kappa shape index (κ2) is 8.18. The Labute approximate surface area is 205 Å². The first-order valence-corrected chi connectivity index (χ1v) is 13.1. The maximum Gasteiger partial charge on any atom is 0.282 e. The van der Waals surface area contributed by atoms with E-state index in [4.69, 9.17) is 17.3 Å². The first kappa shape index (κ1) is 22.3. The smallest absolute Gasteiger partial charge is 0.282 e. The van der Waals surface area contributed by atoms with Crippen LogP contribution in [0.1, 0.15) is 75.2 Å². The molecule has 0 atom stereocenters. The van der Waals surface area contributed by atoms with E-state index in [1.165, 1.54) is 49.7 Å². The Hall–Kier alpha value is -2.21. The van der Waals surface area contributed by atoms with Gasteiger partial charge < -0.3 is 10.6 Å². The van der Waals surface area contributed by atoms with Crippen LogP contribution in [-0.2, 0) is 5.41 Å². The Morgan fingerprint density at radius 3 is 2.50 bits per heavy atom. The second-order valence-corrected chi connectivity index (χ2v) is 11.4. The molecule has 3 aliphatic rings. The minimum Gasteiger partial charge on any atom is -0.328 e. The largest absolute Gasteiger partial charge is 0.328 e. The highest BCUT2D eigenvalue weighted by molar-refractivity contribution is 6.35. The van der Waals surface area contributed by atoms with Gasteiger partial charge in [-0.2, -0.15) is 4.98 Å². The van der Waals surface area contributed by atoms with Crippen LogP contribution in [0.4, 0.5) is 0 Å². The summed E-state index contributed by atoms with van der Waals surface area (Å²) in [6.07, 6.45) is 7.20. The zero-order valence-electron chi connectivity index (χ0n) is 20.1. The quantitative estimate of drug-likeness (QED) is 0.557. The molecule has 3 heterocycles. The van der Waals surface area contributed by atoms with Gasteiger partial charge in [-0.3, -0.25) is 9.36 Å². The van der Waals surface area contributed by atoms with Gasteiger partial charge in [-0.15, -0.1) is 0 Å². The monoisotopic (exact) mass is 476 g/mol. The predicted molar refractivity (Wildman–Crippen MR) is 138 cm³/mol. The van der Waals surface area contributed by atoms with Gasteiger partial charge in [0.05, 0.1) is 27.0 Å². The molecule has 34 heavy (non-hydrogen) atoms. The molecular formula is C28H33ClN4O. The molecule has 0 amide bonds. The number of fused-ring (bicyclic) bond motifs is 5. The lowest BCUT2D eigenvalue weighted by Crippen LogP contribution is -2.44. The number of piperidine rings is 1. The van der Waals surface area contributed by atoms with E-state index in [9.17, 15) is 4.79 Å². The predicted octanol–water partition coefficient (Wildman–Crippen LogP) is 5.13. The van der Waals surface area contributed by atoms with Gasteiger partial charge in [-0.05, 0) is 101 Å². The van der Waals surface area contributed by atoms with Crippen molar-refractivity contribution in [2.24, 2.45) is 5.73 Å². The van der Waals surface area contributed by atoms with E-state index < -0.39 is 0 Å². The molecule has 0 unspecified atom stereocenters. The van der Waals surface area contributed by atoms with Crippen LogP contribution < -0.4 is 11.3 Å². The molecule has 1 saturated carbocycles. The third-order valence-electron chi connectivity index (χ3n) is 8.62. The highest BCUT2D eigenvalue weighted by Gasteiger charge is 2.39. The molecule has 178 valence electrons. The third-order valence-corrected chi connectivity index (χ3v) is 8.93. The summed E-state index contributed by atoms with van der Waals surface area (Å²) >= 11 is 6.44. The van der Waals surface area contributed by atoms with Gasteiger partial charge >= 0.3 is 0 Å². The fraction of sp³-hybridized carbons (Fsp3) is 0.500. The number of nitrogens with zero attached hydrogens (tertiary/aromatic N) is 3. The maximum absolute atomic E-state index is 12.9. The van der Waals surface area contributed by atoms with Crippen molar-refractivity contribution in [3.8, 4) is 5.69 Å². The summed E-state index contributed by atoms with van der Waals surface area (Å²) in [6, 6.07) is 13.7. The van der Waals surface area contributed by atoms with Crippen molar-refractivity contribution in [3.05, 3.63) is 68.7 Å². The topological polar surface area (TPSA) is 64.2 Å². The molecule has 1 saturated heterocycles. The number of rotatable bonds is 2. The Kier molecular flexibility index (Phi) is 5.36. The van der Waals surface area contributed by atoms with Crippen molar-refractivity contribution in [3.63, 3.8) is 0 Å². The number of nitrogens with two attached hydrogens (primary N) is 1. The van der Waals surface area contributed by atoms with E-state index in [1.807, 2.05) is 12.1 Å². The van der Waals surface area contributed by atoms with Gasteiger partial charge in [0.2, 0.25) is 0 Å². The van der Waals surface area contributed by atoms with Gasteiger partial charge in [0, 0.05) is 12.1 Å². The summed E-state index contributed by atoms with van der Waals surface area (Å²) in [7, 11) is 0. The number of hydrogen-bond acceptors (Lipinski definition) is 4. The fourth-order valence-electron chi connectivity index (χ4n) is 6.59. The molecule has 0 radical (unpaired) electrons. The van der Waals surface area contributed by atoms with Crippen LogP contribution in [0.25, 0.3) is 16.6 Å². The van der Waals surface area contributed by atoms with E-state index in [2.05, 4.69) is 46.5 Å². The second-order valence-electron chi connectivity index (χ2n) is 11.0. The van der Waals surface area contributed by atoms with Crippen LogP contribution in [0.2, 0.25) is 5.02 Å². The fourth-order valence-corrected chi connectivity index (χ4v) is 6.84. The van der Waals surface area contributed by atoms with E-state index >= 15 is 0 Å². The molecular weight excluding hydrogens is 444 g/mol. The summed E-state index contributed by atoms with van der Waals surface area (Å²) in [5, 5.41) is 0.964. The molecule has 2 N–H and O–H groups in total. The molecule has 6 rings (SSSR count). The molecule has 0 bridgehead atoms. The van der Waals surface area contributed by atoms with Crippen LogP contribution >= 0.6 is 11.6 Å². The Morgan fingerprint density at radius 2 is 1.76 bits per heavy atom. The van der Waals surface area contributed by atoms with E-state index in [1.54, 1.807) is 6.07 Å². The molecule has 2 aromatic carbocycles. The Bertz CT molecular complexity index is 1310. The summed E-state index contributed by atoms with van der Waals surface area (Å²) in [5.41, 5.74) is 10.1. The van der Waals surface area contributed by atoms with Gasteiger partial charge in [0.15, 0.2) is 0 Å². The first-order chi connectivity index (χ1) is 16.3. The molecule has 1 aromatic heterocycles. The number of aromatic nitrogens is 2. The van der Waals surface area contributed by atoms with Crippen molar-refractivity contribution in [2.45, 2.75) is 75.8 Å². The molecule has 2 aliphatic heterocycles. The normalized spacial score (nSPS) is 24.8. The van der Waals surface area contributed by atoms with Crippen LogP contribution in [0.3, 0.4) is 0 Å². The minimum absolute atomic E-state index is 0.246. The van der Waals surface area contributed by atoms with Gasteiger partial charge in [0.1, 0.15) is 5.82 Å². The average Bonchev–Trinajstić information content (AvgIpc) is 3.06. The van der Waals surface area contributed by atoms with Gasteiger partial charge in [-0.1, -0.05) is 29.8 Å². The summed E-state index contributed by atoms with van der Waals surface area (Å²) in [5.74, 6) is 1.35. The lowest BCUT2D eigenvalue weighted by atomic mass is 9.82. The number of likely N-dealkylation sites (tertiary alicyclic amines) is 1. The molecule has 0 spiro atoms. The molecule has 2 fully saturated rings. The summed E-state index contributed by atoms with van der Waals surface area (Å²) < 4.78 is 2.17. The van der Waals surface area contributed by atoms with Crippen molar-refractivity contribution in [1.82, 2.24) is 14.5 Å². The van der Waals surface area contributed by atoms with Crippen LogP contribution in [0.15, 0.2) is 41.2 Å². The van der Waals surface area contributed by atoms with Crippen molar-refractivity contribution < 1.29 is 0 Å². The van der Waals surface area contributed by atoms with Gasteiger partial charge in [-0.25, -0.2) is 0 Å². The Morgan fingerprint density at radius 1 is 1.03 bits per heavy atom. The van der Waals surface area contributed by atoms with Crippen molar-refractivity contribution >= 4 is 22.5 Å². The number of benzene rings is 2. The SMILES string of the molecule is CC1(C)c2ccc(C3CCN(C4CCC(N)CC4)CC3)cc2-n2c1nc(=O)c1c(Cl)cccc12. The van der Waals surface area contributed by atoms with Crippen molar-refractivity contribution in [1.29, 1.82) is 0 Å². The minimum atomic E-state index is -0.339. The van der Waals surface area contributed by atoms with Crippen LogP contribution in [0, 0.1) is 0 Å². The highest BCUT2D eigenvalue weighted by atomic mass is 35.5. The van der Waals surface area contributed by atoms with Crippen LogP contribution in [-0.4, -0.2) is 39.6 Å². The number of hydrogen-bond donors (Lipinski definition) is 1. The highest BCUT2D eigenvalue weighted by Crippen LogP contribution is 2.44. The third kappa shape index (κ3) is 3.43. The zero-order chi connectivity index (χ0) is 23.6. The van der Waals surface area contributed by atoms with E-state index in [0.717, 1.165) is 30.1 Å². The van der Waals surface area contributed by atoms with E-state index in [0.29, 0.717) is 28.4 Å². The first-order valence-electron chi connectivity index (χ1n) is 12.7. The summed E-state index contributed by atoms with van der Waals surface area (Å²) in [4.78, 5) is 20.1.